The average Bonchev–Trinajstić information content (AvgIpc) is 2.35. The summed E-state index contributed by atoms with van der Waals surface area (Å²) < 4.78 is 76.2. The number of halogens is 6. The molecule has 0 bridgehead atoms. The molecule has 0 unspecified atom stereocenters. The summed E-state index contributed by atoms with van der Waals surface area (Å²) in [5.41, 5.74) is -6.98. The van der Waals surface area contributed by atoms with E-state index in [1.807, 2.05) is 5.32 Å². The normalized spacial score (nSPS) is 12.6. The molecular weight excluding hydrogens is 318 g/mol. The van der Waals surface area contributed by atoms with Gasteiger partial charge in [0, 0.05) is 11.3 Å². The number of nitrogens with one attached hydrogen (secondary N) is 1. The van der Waals surface area contributed by atoms with E-state index in [4.69, 9.17) is 5.26 Å². The number of amides is 1. The first-order valence-electron chi connectivity index (χ1n) is 5.56. The van der Waals surface area contributed by atoms with Crippen molar-refractivity contribution in [2.24, 2.45) is 0 Å². The largest absolute Gasteiger partial charge is 0.430 e. The number of carbonyl (C=O) groups is 1. The standard InChI is InChI=1S/C12H8F6N2O2/c13-11(14,15)10(22,12(16,17)18)7-2-1-3-8(6-7)20-9(21)4-5-19/h1-3,6,22H,4H2,(H,20,21). The zero-order valence-corrected chi connectivity index (χ0v) is 10.6. The first-order chi connectivity index (χ1) is 9.93. The van der Waals surface area contributed by atoms with E-state index >= 15 is 0 Å². The van der Waals surface area contributed by atoms with E-state index < -0.39 is 41.5 Å². The number of aliphatic hydroxyl groups is 1. The van der Waals surface area contributed by atoms with E-state index in [2.05, 4.69) is 0 Å². The second-order valence-corrected chi connectivity index (χ2v) is 4.17. The molecule has 22 heavy (non-hydrogen) atoms. The molecule has 0 radical (unpaired) electrons. The molecule has 0 aliphatic rings. The predicted octanol–water partition coefficient (Wildman–Crippen LogP) is 2.85. The number of hydrogen-bond acceptors (Lipinski definition) is 3. The summed E-state index contributed by atoms with van der Waals surface area (Å²) in [6.45, 7) is 0. The molecule has 0 atom stereocenters. The Balaban J connectivity index is 3.30. The van der Waals surface area contributed by atoms with Gasteiger partial charge in [0.2, 0.25) is 5.91 Å². The van der Waals surface area contributed by atoms with Crippen LogP contribution in [0.15, 0.2) is 24.3 Å². The molecule has 1 rings (SSSR count). The summed E-state index contributed by atoms with van der Waals surface area (Å²) >= 11 is 0. The Morgan fingerprint density at radius 3 is 2.18 bits per heavy atom. The second kappa shape index (κ2) is 5.84. The van der Waals surface area contributed by atoms with Gasteiger partial charge in [-0.15, -0.1) is 0 Å². The molecule has 0 saturated heterocycles. The Hall–Kier alpha value is -2.28. The third-order valence-electron chi connectivity index (χ3n) is 2.62. The molecule has 4 nitrogen and oxygen atoms in total. The molecule has 1 aromatic rings. The number of carbonyl (C=O) groups excluding carboxylic acids is 1. The molecule has 0 aromatic heterocycles. The number of anilines is 1. The van der Waals surface area contributed by atoms with Crippen LogP contribution in [-0.2, 0) is 10.4 Å². The fourth-order valence-electron chi connectivity index (χ4n) is 1.59. The van der Waals surface area contributed by atoms with Crippen molar-refractivity contribution >= 4 is 11.6 Å². The van der Waals surface area contributed by atoms with Gasteiger partial charge in [0.15, 0.2) is 0 Å². The van der Waals surface area contributed by atoms with Crippen LogP contribution >= 0.6 is 0 Å². The van der Waals surface area contributed by atoms with Gasteiger partial charge >= 0.3 is 12.4 Å². The zero-order chi connectivity index (χ0) is 17.2. The fourth-order valence-corrected chi connectivity index (χ4v) is 1.59. The minimum absolute atomic E-state index is 0.344. The van der Waals surface area contributed by atoms with E-state index in [-0.39, 0.29) is 0 Å². The number of alkyl halides is 6. The number of rotatable bonds is 3. The van der Waals surface area contributed by atoms with E-state index in [9.17, 15) is 36.2 Å². The summed E-state index contributed by atoms with van der Waals surface area (Å²) in [6, 6.07) is 4.06. The van der Waals surface area contributed by atoms with E-state index in [1.54, 1.807) is 0 Å². The lowest BCUT2D eigenvalue weighted by Gasteiger charge is -2.32. The lowest BCUT2D eigenvalue weighted by atomic mass is 9.92. The van der Waals surface area contributed by atoms with Gasteiger partial charge in [0.1, 0.15) is 6.42 Å². The molecule has 0 fully saturated rings. The molecule has 2 N–H and O–H groups in total. The Labute approximate surface area is 120 Å². The molecule has 0 heterocycles. The van der Waals surface area contributed by atoms with Crippen LogP contribution < -0.4 is 5.32 Å². The molecule has 10 heteroatoms. The highest BCUT2D eigenvalue weighted by Gasteiger charge is 2.71. The zero-order valence-electron chi connectivity index (χ0n) is 10.6. The van der Waals surface area contributed by atoms with Crippen LogP contribution in [0.1, 0.15) is 12.0 Å². The highest BCUT2D eigenvalue weighted by atomic mass is 19.4. The van der Waals surface area contributed by atoms with Crippen molar-refractivity contribution in [3.05, 3.63) is 29.8 Å². The van der Waals surface area contributed by atoms with Gasteiger partial charge in [0.05, 0.1) is 6.07 Å². The quantitative estimate of drug-likeness (QED) is 0.839. The molecule has 1 aromatic carbocycles. The smallest absolute Gasteiger partial charge is 0.369 e. The maximum atomic E-state index is 12.7. The number of nitriles is 1. The Bertz CT molecular complexity index is 589. The van der Waals surface area contributed by atoms with E-state index in [0.717, 1.165) is 12.1 Å². The van der Waals surface area contributed by atoms with Gasteiger partial charge in [0.25, 0.3) is 5.60 Å². The van der Waals surface area contributed by atoms with Crippen molar-refractivity contribution in [3.63, 3.8) is 0 Å². The average molecular weight is 326 g/mol. The van der Waals surface area contributed by atoms with Crippen molar-refractivity contribution < 1.29 is 36.2 Å². The molecule has 0 spiro atoms. The van der Waals surface area contributed by atoms with E-state index in [0.29, 0.717) is 12.1 Å². The molecule has 1 amide bonds. The monoisotopic (exact) mass is 326 g/mol. The molecule has 0 saturated carbocycles. The second-order valence-electron chi connectivity index (χ2n) is 4.17. The van der Waals surface area contributed by atoms with Gasteiger partial charge in [-0.1, -0.05) is 12.1 Å². The minimum atomic E-state index is -6.01. The summed E-state index contributed by atoms with van der Waals surface area (Å²) in [4.78, 5) is 11.1. The Morgan fingerprint density at radius 1 is 1.18 bits per heavy atom. The third-order valence-corrected chi connectivity index (χ3v) is 2.62. The lowest BCUT2D eigenvalue weighted by molar-refractivity contribution is -0.376. The maximum absolute atomic E-state index is 12.7. The maximum Gasteiger partial charge on any atom is 0.430 e. The Kier molecular flexibility index (Phi) is 4.72. The van der Waals surface area contributed by atoms with Crippen LogP contribution in [0.5, 0.6) is 0 Å². The molecule has 0 aliphatic carbocycles. The highest BCUT2D eigenvalue weighted by Crippen LogP contribution is 2.50. The van der Waals surface area contributed by atoms with Crippen molar-refractivity contribution in [1.29, 1.82) is 5.26 Å². The van der Waals surface area contributed by atoms with Gasteiger partial charge < -0.3 is 10.4 Å². The van der Waals surface area contributed by atoms with Crippen molar-refractivity contribution in [2.75, 3.05) is 5.32 Å². The van der Waals surface area contributed by atoms with Gasteiger partial charge in [-0.3, -0.25) is 4.79 Å². The predicted molar refractivity (Wildman–Crippen MR) is 61.3 cm³/mol. The SMILES string of the molecule is N#CCC(=O)Nc1cccc(C(O)(C(F)(F)F)C(F)(F)F)c1. The molecular formula is C12H8F6N2O2. The number of nitrogens with zero attached hydrogens (tertiary/aromatic N) is 1. The Morgan fingerprint density at radius 2 is 1.73 bits per heavy atom. The number of hydrogen-bond donors (Lipinski definition) is 2. The van der Waals surface area contributed by atoms with Crippen LogP contribution in [0.25, 0.3) is 0 Å². The fraction of sp³-hybridized carbons (Fsp3) is 0.333. The molecule has 0 aliphatic heterocycles. The van der Waals surface area contributed by atoms with Crippen molar-refractivity contribution in [1.82, 2.24) is 0 Å². The number of benzene rings is 1. The highest BCUT2D eigenvalue weighted by molar-refractivity contribution is 5.92. The van der Waals surface area contributed by atoms with Crippen LogP contribution in [-0.4, -0.2) is 23.4 Å². The summed E-state index contributed by atoms with van der Waals surface area (Å²) in [5.74, 6) is -0.915. The van der Waals surface area contributed by atoms with Crippen molar-refractivity contribution in [3.8, 4) is 6.07 Å². The summed E-state index contributed by atoms with van der Waals surface area (Å²) in [7, 11) is 0. The summed E-state index contributed by atoms with van der Waals surface area (Å²) in [5, 5.41) is 19.4. The van der Waals surface area contributed by atoms with Crippen LogP contribution in [0.3, 0.4) is 0 Å². The lowest BCUT2D eigenvalue weighted by Crippen LogP contribution is -2.53. The van der Waals surface area contributed by atoms with E-state index in [1.165, 1.54) is 6.07 Å². The van der Waals surface area contributed by atoms with Crippen molar-refractivity contribution in [2.45, 2.75) is 24.4 Å². The topological polar surface area (TPSA) is 73.1 Å². The summed E-state index contributed by atoms with van der Waals surface area (Å²) in [6.07, 6.45) is -12.7. The first-order valence-corrected chi connectivity index (χ1v) is 5.56. The van der Waals surface area contributed by atoms with Gasteiger partial charge in [-0.2, -0.15) is 31.6 Å². The van der Waals surface area contributed by atoms with Crippen LogP contribution in [0.2, 0.25) is 0 Å². The first kappa shape index (κ1) is 17.8. The third kappa shape index (κ3) is 3.30. The van der Waals surface area contributed by atoms with Crippen LogP contribution in [0, 0.1) is 11.3 Å². The molecule has 120 valence electrons. The van der Waals surface area contributed by atoms with Crippen LogP contribution in [0.4, 0.5) is 32.0 Å². The minimum Gasteiger partial charge on any atom is -0.369 e. The van der Waals surface area contributed by atoms with Gasteiger partial charge in [-0.25, -0.2) is 0 Å². The van der Waals surface area contributed by atoms with Gasteiger partial charge in [-0.05, 0) is 12.1 Å².